The van der Waals surface area contributed by atoms with Crippen molar-refractivity contribution < 1.29 is 9.47 Å². The van der Waals surface area contributed by atoms with E-state index in [0.717, 1.165) is 18.1 Å². The van der Waals surface area contributed by atoms with E-state index in [1.165, 1.54) is 63.4 Å². The van der Waals surface area contributed by atoms with E-state index in [-0.39, 0.29) is 11.9 Å². The van der Waals surface area contributed by atoms with E-state index in [0.29, 0.717) is 11.3 Å². The molecule has 158 valence electrons. The van der Waals surface area contributed by atoms with Gasteiger partial charge < -0.3 is 9.47 Å². The fraction of sp³-hybridized carbons (Fsp3) is 0.769. The Morgan fingerprint density at radius 2 is 1.82 bits per heavy atom. The van der Waals surface area contributed by atoms with Crippen LogP contribution in [0.1, 0.15) is 110 Å². The van der Waals surface area contributed by atoms with Gasteiger partial charge in [0, 0.05) is 6.42 Å². The molecular weight excluding hydrogens is 344 g/mol. The van der Waals surface area contributed by atoms with Crippen LogP contribution in [0.4, 0.5) is 0 Å². The molecule has 2 nitrogen and oxygen atoms in total. The first-order chi connectivity index (χ1) is 13.3. The molecule has 0 saturated heterocycles. The number of fused-ring (bicyclic) bond motifs is 2. The number of hydrogen-bond donors (Lipinski definition) is 0. The lowest BCUT2D eigenvalue weighted by molar-refractivity contribution is -0.236. The molecule has 3 saturated carbocycles. The molecule has 0 amide bonds. The number of hydrogen-bond acceptors (Lipinski definition) is 2. The van der Waals surface area contributed by atoms with Gasteiger partial charge in [-0.2, -0.15) is 0 Å². The fourth-order valence-corrected chi connectivity index (χ4v) is 4.92. The second-order valence-corrected chi connectivity index (χ2v) is 10.7. The highest BCUT2D eigenvalue weighted by Crippen LogP contribution is 2.52. The minimum Gasteiger partial charge on any atom is -0.465 e. The van der Waals surface area contributed by atoms with E-state index in [9.17, 15) is 0 Å². The lowest BCUT2D eigenvalue weighted by Crippen LogP contribution is -2.52. The Labute approximate surface area is 173 Å². The van der Waals surface area contributed by atoms with E-state index >= 15 is 0 Å². The summed E-state index contributed by atoms with van der Waals surface area (Å²) in [5.74, 6) is 2.47. The Hall–Kier alpha value is -1.02. The van der Waals surface area contributed by atoms with Crippen molar-refractivity contribution in [3.63, 3.8) is 0 Å². The van der Waals surface area contributed by atoms with Crippen LogP contribution in [-0.2, 0) is 4.74 Å². The van der Waals surface area contributed by atoms with Gasteiger partial charge in [-0.05, 0) is 73.5 Å². The standard InChI is InChI=1S/C26H42O2/c1-6-20(2)22-12-14-23(15-13-22)27-24(11-7-8-16-25(3,4)5)28-26-17-9-10-21(18-26)19-26/h12-15,20-21,24H,6-11,16-19H2,1-5H3. The number of benzene rings is 1. The van der Waals surface area contributed by atoms with Crippen LogP contribution in [0.5, 0.6) is 5.75 Å². The average molecular weight is 387 g/mol. The van der Waals surface area contributed by atoms with Gasteiger partial charge in [-0.1, -0.05) is 66.0 Å². The van der Waals surface area contributed by atoms with Gasteiger partial charge >= 0.3 is 0 Å². The van der Waals surface area contributed by atoms with Gasteiger partial charge in [-0.3, -0.25) is 0 Å². The first kappa shape index (κ1) is 21.7. The van der Waals surface area contributed by atoms with Crippen molar-refractivity contribution in [2.75, 3.05) is 0 Å². The van der Waals surface area contributed by atoms with Gasteiger partial charge in [0.15, 0.2) is 6.29 Å². The van der Waals surface area contributed by atoms with Crippen molar-refractivity contribution in [1.29, 1.82) is 0 Å². The largest absolute Gasteiger partial charge is 0.465 e. The fourth-order valence-electron chi connectivity index (χ4n) is 4.92. The van der Waals surface area contributed by atoms with Gasteiger partial charge in [-0.15, -0.1) is 0 Å². The summed E-state index contributed by atoms with van der Waals surface area (Å²) >= 11 is 0. The van der Waals surface area contributed by atoms with Crippen LogP contribution in [0.25, 0.3) is 0 Å². The number of unbranched alkanes of at least 4 members (excludes halogenated alkanes) is 1. The summed E-state index contributed by atoms with van der Waals surface area (Å²) in [6, 6.07) is 8.71. The maximum absolute atomic E-state index is 6.66. The Bertz CT molecular complexity index is 586. The highest BCUT2D eigenvalue weighted by molar-refractivity contribution is 5.29. The van der Waals surface area contributed by atoms with Crippen molar-refractivity contribution in [2.24, 2.45) is 11.3 Å². The van der Waals surface area contributed by atoms with Gasteiger partial charge in [0.05, 0.1) is 5.60 Å². The van der Waals surface area contributed by atoms with Crippen molar-refractivity contribution in [1.82, 2.24) is 0 Å². The van der Waals surface area contributed by atoms with Crippen LogP contribution in [0.15, 0.2) is 24.3 Å². The molecule has 3 aliphatic rings. The molecular formula is C26H42O2. The van der Waals surface area contributed by atoms with Crippen LogP contribution < -0.4 is 4.74 Å². The maximum atomic E-state index is 6.66. The molecule has 0 aliphatic heterocycles. The Kier molecular flexibility index (Phi) is 7.12. The van der Waals surface area contributed by atoms with Gasteiger partial charge in [0.2, 0.25) is 0 Å². The molecule has 4 rings (SSSR count). The zero-order valence-electron chi connectivity index (χ0n) is 18.9. The second kappa shape index (κ2) is 9.20. The number of ether oxygens (including phenoxy) is 2. The number of rotatable bonds is 10. The second-order valence-electron chi connectivity index (χ2n) is 10.7. The first-order valence-electron chi connectivity index (χ1n) is 11.7. The van der Waals surface area contributed by atoms with Crippen LogP contribution in [0.3, 0.4) is 0 Å². The molecule has 1 aromatic rings. The predicted octanol–water partition coefficient (Wildman–Crippen LogP) is 7.86. The summed E-state index contributed by atoms with van der Waals surface area (Å²) in [6.07, 6.45) is 12.2. The van der Waals surface area contributed by atoms with Crippen LogP contribution >= 0.6 is 0 Å². The molecule has 1 aromatic carbocycles. The molecule has 2 heteroatoms. The van der Waals surface area contributed by atoms with Gasteiger partial charge in [0.1, 0.15) is 5.75 Å². The molecule has 2 atom stereocenters. The van der Waals surface area contributed by atoms with Crippen LogP contribution in [0, 0.1) is 11.3 Å². The third-order valence-electron chi connectivity index (χ3n) is 6.89. The third-order valence-corrected chi connectivity index (χ3v) is 6.89. The topological polar surface area (TPSA) is 18.5 Å². The van der Waals surface area contributed by atoms with Crippen LogP contribution in [0.2, 0.25) is 0 Å². The minimum absolute atomic E-state index is 0.103. The zero-order valence-corrected chi connectivity index (χ0v) is 18.9. The monoisotopic (exact) mass is 386 g/mol. The lowest BCUT2D eigenvalue weighted by atomic mass is 9.61. The Balaban J connectivity index is 1.58. The first-order valence-corrected chi connectivity index (χ1v) is 11.7. The predicted molar refractivity (Wildman–Crippen MR) is 118 cm³/mol. The summed E-state index contributed by atoms with van der Waals surface area (Å²) < 4.78 is 13.0. The Morgan fingerprint density at radius 1 is 1.11 bits per heavy atom. The molecule has 3 aliphatic carbocycles. The molecule has 2 unspecified atom stereocenters. The maximum Gasteiger partial charge on any atom is 0.200 e. The van der Waals surface area contributed by atoms with Crippen molar-refractivity contribution in [3.05, 3.63) is 29.8 Å². The van der Waals surface area contributed by atoms with Crippen molar-refractivity contribution in [3.8, 4) is 5.75 Å². The molecule has 3 fully saturated rings. The zero-order chi connectivity index (χ0) is 20.2. The summed E-state index contributed by atoms with van der Waals surface area (Å²) in [5, 5.41) is 0. The van der Waals surface area contributed by atoms with E-state index in [2.05, 4.69) is 58.9 Å². The molecule has 2 bridgehead atoms. The molecule has 0 aromatic heterocycles. The van der Waals surface area contributed by atoms with E-state index in [1.54, 1.807) is 0 Å². The van der Waals surface area contributed by atoms with Crippen molar-refractivity contribution in [2.45, 2.75) is 117 Å². The lowest BCUT2D eigenvalue weighted by Gasteiger charge is -2.53. The molecule has 0 radical (unpaired) electrons. The quantitative estimate of drug-likeness (QED) is 0.301. The molecule has 0 heterocycles. The molecule has 0 spiro atoms. The van der Waals surface area contributed by atoms with Crippen molar-refractivity contribution >= 4 is 0 Å². The summed E-state index contributed by atoms with van der Waals surface area (Å²) in [7, 11) is 0. The summed E-state index contributed by atoms with van der Waals surface area (Å²) in [5.41, 5.74) is 1.92. The third kappa shape index (κ3) is 5.99. The smallest absolute Gasteiger partial charge is 0.200 e. The minimum atomic E-state index is -0.103. The molecule has 28 heavy (non-hydrogen) atoms. The van der Waals surface area contributed by atoms with E-state index in [4.69, 9.17) is 9.47 Å². The average Bonchev–Trinajstić information content (AvgIpc) is 2.64. The summed E-state index contributed by atoms with van der Waals surface area (Å²) in [4.78, 5) is 0. The van der Waals surface area contributed by atoms with E-state index in [1.807, 2.05) is 0 Å². The highest BCUT2D eigenvalue weighted by atomic mass is 16.7. The highest BCUT2D eigenvalue weighted by Gasteiger charge is 2.49. The van der Waals surface area contributed by atoms with Gasteiger partial charge in [-0.25, -0.2) is 0 Å². The van der Waals surface area contributed by atoms with E-state index < -0.39 is 0 Å². The van der Waals surface area contributed by atoms with Gasteiger partial charge in [0.25, 0.3) is 0 Å². The normalized spacial score (nSPS) is 26.4. The molecule has 0 N–H and O–H groups in total. The van der Waals surface area contributed by atoms with Crippen LogP contribution in [-0.4, -0.2) is 11.9 Å². The SMILES string of the molecule is CCC(C)c1ccc(OC(CCCCC(C)(C)C)OC23CCCC(C2)C3)cc1. The summed E-state index contributed by atoms with van der Waals surface area (Å²) in [6.45, 7) is 11.5. The Morgan fingerprint density at radius 3 is 2.39 bits per heavy atom.